The summed E-state index contributed by atoms with van der Waals surface area (Å²) in [7, 11) is 0. The molecule has 270 valence electrons. The summed E-state index contributed by atoms with van der Waals surface area (Å²) >= 11 is 0. The van der Waals surface area contributed by atoms with Gasteiger partial charge in [-0.15, -0.1) is 0 Å². The lowest BCUT2D eigenvalue weighted by atomic mass is 10.0. The SMILES string of the molecule is CCCC/C=C/CCCCCCCCCCCCCCCCCC[N+](CCC(C)C(=O)O)(CCC(C)C(=O)O)CCC(C)C(=O)O. The first-order valence-electron chi connectivity index (χ1n) is 19.2. The van der Waals surface area contributed by atoms with Crippen molar-refractivity contribution < 1.29 is 34.2 Å². The van der Waals surface area contributed by atoms with Crippen LogP contribution in [0.2, 0.25) is 0 Å². The van der Waals surface area contributed by atoms with E-state index in [1.54, 1.807) is 20.8 Å². The fourth-order valence-corrected chi connectivity index (χ4v) is 6.19. The third-order valence-corrected chi connectivity index (χ3v) is 10.0. The minimum Gasteiger partial charge on any atom is -0.481 e. The van der Waals surface area contributed by atoms with E-state index < -0.39 is 35.7 Å². The highest BCUT2D eigenvalue weighted by Crippen LogP contribution is 2.22. The average molecular weight is 653 g/mol. The van der Waals surface area contributed by atoms with Crippen LogP contribution in [0.5, 0.6) is 0 Å². The van der Waals surface area contributed by atoms with Gasteiger partial charge < -0.3 is 19.8 Å². The molecule has 0 aliphatic heterocycles. The second-order valence-electron chi connectivity index (χ2n) is 14.4. The van der Waals surface area contributed by atoms with Crippen molar-refractivity contribution in [3.05, 3.63) is 12.2 Å². The third-order valence-electron chi connectivity index (χ3n) is 10.0. The van der Waals surface area contributed by atoms with Crippen molar-refractivity contribution in [2.24, 2.45) is 17.8 Å². The molecular formula is C39H74NO6+. The molecule has 0 heterocycles. The van der Waals surface area contributed by atoms with Gasteiger partial charge in [0.1, 0.15) is 0 Å². The van der Waals surface area contributed by atoms with Crippen LogP contribution in [0, 0.1) is 17.8 Å². The van der Waals surface area contributed by atoms with E-state index in [-0.39, 0.29) is 0 Å². The van der Waals surface area contributed by atoms with Gasteiger partial charge in [-0.2, -0.15) is 0 Å². The van der Waals surface area contributed by atoms with Gasteiger partial charge in [-0.05, 0) is 32.1 Å². The second kappa shape index (κ2) is 29.3. The number of carboxylic acids is 3. The number of hydrogen-bond donors (Lipinski definition) is 3. The Morgan fingerprint density at radius 2 is 0.739 bits per heavy atom. The molecular weight excluding hydrogens is 578 g/mol. The third kappa shape index (κ3) is 25.2. The lowest BCUT2D eigenvalue weighted by Gasteiger charge is -2.40. The molecule has 0 rings (SSSR count). The first-order valence-corrected chi connectivity index (χ1v) is 19.2. The summed E-state index contributed by atoms with van der Waals surface area (Å²) < 4.78 is 0.615. The normalized spacial score (nSPS) is 15.0. The number of quaternary nitrogens is 1. The topological polar surface area (TPSA) is 112 Å². The molecule has 0 spiro atoms. The number of carbonyl (C=O) groups is 3. The summed E-state index contributed by atoms with van der Waals surface area (Å²) in [6.07, 6.45) is 32.2. The van der Waals surface area contributed by atoms with Crippen molar-refractivity contribution in [1.29, 1.82) is 0 Å². The highest BCUT2D eigenvalue weighted by molar-refractivity contribution is 5.70. The Balaban J connectivity index is 4.27. The highest BCUT2D eigenvalue weighted by atomic mass is 16.4. The molecule has 0 fully saturated rings. The minimum absolute atomic E-state index is 0.478. The lowest BCUT2D eigenvalue weighted by molar-refractivity contribution is -0.929. The number of allylic oxidation sites excluding steroid dienone is 2. The summed E-state index contributed by atoms with van der Waals surface area (Å²) in [5.74, 6) is -3.90. The Morgan fingerprint density at radius 3 is 1.04 bits per heavy atom. The quantitative estimate of drug-likeness (QED) is 0.0362. The van der Waals surface area contributed by atoms with Gasteiger partial charge in [0.15, 0.2) is 0 Å². The Bertz CT molecular complexity index is 738. The number of aliphatic carboxylic acids is 3. The summed E-state index contributed by atoms with van der Waals surface area (Å²) in [6.45, 7) is 10.2. The molecule has 0 aromatic heterocycles. The smallest absolute Gasteiger partial charge is 0.306 e. The fraction of sp³-hybridized carbons (Fsp3) is 0.872. The van der Waals surface area contributed by atoms with E-state index in [0.29, 0.717) is 43.4 Å². The Labute approximate surface area is 283 Å². The van der Waals surface area contributed by atoms with Gasteiger partial charge in [-0.3, -0.25) is 14.4 Å². The highest BCUT2D eigenvalue weighted by Gasteiger charge is 2.31. The second-order valence-corrected chi connectivity index (χ2v) is 14.4. The van der Waals surface area contributed by atoms with Gasteiger partial charge in [0, 0.05) is 19.3 Å². The molecule has 0 amide bonds. The van der Waals surface area contributed by atoms with Crippen LogP contribution in [0.15, 0.2) is 12.2 Å². The zero-order valence-electron chi connectivity index (χ0n) is 30.5. The van der Waals surface area contributed by atoms with Crippen LogP contribution in [0.4, 0.5) is 0 Å². The standard InChI is InChI=1S/C39H73NO6/c1-5-6-7-8-9-10-11-12-13-14-15-16-17-18-19-20-21-22-23-24-25-26-30-40(31-27-34(2)37(41)42,32-28-35(3)38(43)44)33-29-36(4)39(45)46/h8-9,34-36H,5-7,10-33H2,1-4H3,(H2-,41,42,43,44,45,46)/p+1/b9-8+. The lowest BCUT2D eigenvalue weighted by Crippen LogP contribution is -2.52. The van der Waals surface area contributed by atoms with E-state index in [2.05, 4.69) is 19.1 Å². The van der Waals surface area contributed by atoms with Crippen LogP contribution in [-0.4, -0.2) is 63.9 Å². The maximum atomic E-state index is 11.5. The number of hydrogen-bond acceptors (Lipinski definition) is 3. The Morgan fingerprint density at radius 1 is 0.457 bits per heavy atom. The molecule has 3 unspecified atom stereocenters. The van der Waals surface area contributed by atoms with Crippen molar-refractivity contribution in [3.8, 4) is 0 Å². The summed E-state index contributed by atoms with van der Waals surface area (Å²) in [5, 5.41) is 28.4. The molecule has 3 atom stereocenters. The summed E-state index contributed by atoms with van der Waals surface area (Å²) in [5.41, 5.74) is 0. The minimum atomic E-state index is -0.821. The summed E-state index contributed by atoms with van der Waals surface area (Å²) in [4.78, 5) is 34.6. The maximum Gasteiger partial charge on any atom is 0.306 e. The molecule has 0 bridgehead atoms. The molecule has 0 saturated heterocycles. The number of unbranched alkanes of at least 4 members (excludes halogenated alkanes) is 18. The fourth-order valence-electron chi connectivity index (χ4n) is 6.19. The van der Waals surface area contributed by atoms with Crippen LogP contribution >= 0.6 is 0 Å². The van der Waals surface area contributed by atoms with Gasteiger partial charge in [-0.1, -0.05) is 136 Å². The van der Waals surface area contributed by atoms with Crippen LogP contribution < -0.4 is 0 Å². The van der Waals surface area contributed by atoms with E-state index in [0.717, 1.165) is 19.4 Å². The van der Waals surface area contributed by atoms with Crippen LogP contribution in [0.1, 0.15) is 175 Å². The first kappa shape index (κ1) is 44.1. The predicted molar refractivity (Wildman–Crippen MR) is 191 cm³/mol. The Kier molecular flexibility index (Phi) is 28.1. The van der Waals surface area contributed by atoms with Crippen LogP contribution in [0.3, 0.4) is 0 Å². The average Bonchev–Trinajstić information content (AvgIpc) is 3.03. The van der Waals surface area contributed by atoms with E-state index >= 15 is 0 Å². The zero-order valence-corrected chi connectivity index (χ0v) is 30.5. The molecule has 46 heavy (non-hydrogen) atoms. The van der Waals surface area contributed by atoms with Gasteiger partial charge in [0.25, 0.3) is 0 Å². The van der Waals surface area contributed by atoms with Gasteiger partial charge in [0.2, 0.25) is 0 Å². The number of nitrogens with zero attached hydrogens (tertiary/aromatic N) is 1. The van der Waals surface area contributed by atoms with Crippen LogP contribution in [0.25, 0.3) is 0 Å². The van der Waals surface area contributed by atoms with Crippen LogP contribution in [-0.2, 0) is 14.4 Å². The van der Waals surface area contributed by atoms with E-state index in [1.165, 1.54) is 116 Å². The molecule has 0 saturated carbocycles. The molecule has 7 nitrogen and oxygen atoms in total. The molecule has 0 aliphatic rings. The predicted octanol–water partition coefficient (Wildman–Crippen LogP) is 10.5. The molecule has 3 N–H and O–H groups in total. The van der Waals surface area contributed by atoms with Gasteiger partial charge in [0.05, 0.1) is 43.9 Å². The van der Waals surface area contributed by atoms with Crippen molar-refractivity contribution in [2.75, 3.05) is 26.2 Å². The monoisotopic (exact) mass is 653 g/mol. The van der Waals surface area contributed by atoms with E-state index in [9.17, 15) is 29.7 Å². The Hall–Kier alpha value is -1.89. The maximum absolute atomic E-state index is 11.5. The summed E-state index contributed by atoms with van der Waals surface area (Å²) in [6, 6.07) is 0. The first-order chi connectivity index (χ1) is 22.0. The molecule has 0 aromatic rings. The largest absolute Gasteiger partial charge is 0.481 e. The van der Waals surface area contributed by atoms with Crippen molar-refractivity contribution in [3.63, 3.8) is 0 Å². The van der Waals surface area contributed by atoms with Crippen molar-refractivity contribution in [2.45, 2.75) is 175 Å². The number of carboxylic acid groups (broad SMARTS) is 3. The van der Waals surface area contributed by atoms with Gasteiger partial charge >= 0.3 is 17.9 Å². The van der Waals surface area contributed by atoms with Gasteiger partial charge in [-0.25, -0.2) is 0 Å². The number of rotatable bonds is 34. The van der Waals surface area contributed by atoms with E-state index in [4.69, 9.17) is 0 Å². The van der Waals surface area contributed by atoms with Crippen molar-refractivity contribution >= 4 is 17.9 Å². The van der Waals surface area contributed by atoms with E-state index in [1.807, 2.05) is 0 Å². The van der Waals surface area contributed by atoms with Crippen molar-refractivity contribution in [1.82, 2.24) is 0 Å². The molecule has 0 aliphatic carbocycles. The molecule has 0 aromatic carbocycles. The molecule has 0 radical (unpaired) electrons. The zero-order chi connectivity index (χ0) is 34.5. The molecule has 7 heteroatoms.